The molecule has 2 aliphatic rings. The van der Waals surface area contributed by atoms with Crippen LogP contribution in [0.2, 0.25) is 0 Å². The van der Waals surface area contributed by atoms with E-state index in [1.54, 1.807) is 34.6 Å². The summed E-state index contributed by atoms with van der Waals surface area (Å²) in [5.74, 6) is -3.92. The highest BCUT2D eigenvalue weighted by Crippen LogP contribution is 2.36. The first-order valence-electron chi connectivity index (χ1n) is 14.6. The molecule has 0 amide bonds. The molecule has 11 heteroatoms. The Bertz CT molecular complexity index is 823. The van der Waals surface area contributed by atoms with Crippen LogP contribution < -0.4 is 0 Å². The van der Waals surface area contributed by atoms with E-state index < -0.39 is 72.1 Å². The van der Waals surface area contributed by atoms with Crippen molar-refractivity contribution in [2.45, 2.75) is 143 Å². The molecule has 2 heterocycles. The number of hydrogen-bond acceptors (Lipinski definition) is 11. The van der Waals surface area contributed by atoms with Crippen molar-refractivity contribution in [3.8, 4) is 0 Å². The van der Waals surface area contributed by atoms with Gasteiger partial charge in [0, 0.05) is 24.2 Å². The van der Waals surface area contributed by atoms with Crippen LogP contribution in [0.15, 0.2) is 10.1 Å². The largest absolute Gasteiger partial charge is 0.459 e. The van der Waals surface area contributed by atoms with Gasteiger partial charge in [0.2, 0.25) is 0 Å². The zero-order chi connectivity index (χ0) is 30.9. The van der Waals surface area contributed by atoms with Gasteiger partial charge in [-0.1, -0.05) is 46.7 Å². The summed E-state index contributed by atoms with van der Waals surface area (Å²) in [5, 5.41) is 58.0. The van der Waals surface area contributed by atoms with Crippen LogP contribution in [-0.2, 0) is 19.0 Å². The number of esters is 1. The third-order valence-electron chi connectivity index (χ3n) is 8.24. The summed E-state index contributed by atoms with van der Waals surface area (Å²) >= 11 is 0. The fraction of sp³-hybridized carbons (Fsp3) is 0.897. The molecule has 11 nitrogen and oxygen atoms in total. The number of aliphatic imine (C=N–C) groups is 1. The number of hydrogen-bond donors (Lipinski definition) is 5. The van der Waals surface area contributed by atoms with Crippen LogP contribution in [0.3, 0.4) is 0 Å². The van der Waals surface area contributed by atoms with Gasteiger partial charge in [-0.3, -0.25) is 9.79 Å². The standard InChI is InChI=1S/C27H48N2O9.C2H6/c1-9-19-24(32)23(31)15(4)21(29-35)13(2)12-27(7,34)25(16(5)22(30)17(6)26(33)37-19)38-20-11-18(28-8)10-14(3)36-20;1-2/h13-20,22-25,30-32,34-35H,8-12H2,1-7H3;1-2H3/b29-21+;/t13-,14?,15?,16+,17?,18?,19-,20?,22+,23?,24?,25-,27-;/m1./s1. The molecule has 0 saturated carbocycles. The smallest absolute Gasteiger partial charge is 0.311 e. The third kappa shape index (κ3) is 8.93. The number of oxime groups is 1. The minimum absolute atomic E-state index is 0.0305. The quantitative estimate of drug-likeness (QED) is 0.147. The van der Waals surface area contributed by atoms with Gasteiger partial charge in [-0.15, -0.1) is 0 Å². The van der Waals surface area contributed by atoms with E-state index in [-0.39, 0.29) is 30.7 Å². The van der Waals surface area contributed by atoms with Crippen molar-refractivity contribution in [1.29, 1.82) is 0 Å². The van der Waals surface area contributed by atoms with Gasteiger partial charge in [-0.05, 0) is 46.8 Å². The summed E-state index contributed by atoms with van der Waals surface area (Å²) in [7, 11) is 0. The van der Waals surface area contributed by atoms with Crippen molar-refractivity contribution in [2.75, 3.05) is 0 Å². The van der Waals surface area contributed by atoms with Gasteiger partial charge in [0.15, 0.2) is 6.29 Å². The summed E-state index contributed by atoms with van der Waals surface area (Å²) in [6.07, 6.45) is -5.75. The molecule has 0 aromatic rings. The van der Waals surface area contributed by atoms with Gasteiger partial charge >= 0.3 is 5.97 Å². The molecule has 2 rings (SSSR count). The summed E-state index contributed by atoms with van der Waals surface area (Å²) in [6, 6.07) is -0.0897. The Morgan fingerprint density at radius 3 is 2.15 bits per heavy atom. The fourth-order valence-electron chi connectivity index (χ4n) is 5.90. The monoisotopic (exact) mass is 574 g/mol. The van der Waals surface area contributed by atoms with Crippen molar-refractivity contribution in [2.24, 2.45) is 33.8 Å². The Labute approximate surface area is 239 Å². The number of aliphatic hydroxyl groups excluding tert-OH is 3. The molecule has 5 N–H and O–H groups in total. The number of rotatable bonds is 4. The molecule has 0 aromatic carbocycles. The van der Waals surface area contributed by atoms with E-state index in [0.717, 1.165) is 0 Å². The fourth-order valence-corrected chi connectivity index (χ4v) is 5.90. The second-order valence-corrected chi connectivity index (χ2v) is 11.5. The molecule has 0 aromatic heterocycles. The van der Waals surface area contributed by atoms with E-state index >= 15 is 0 Å². The van der Waals surface area contributed by atoms with Gasteiger partial charge < -0.3 is 39.8 Å². The predicted molar refractivity (Wildman–Crippen MR) is 152 cm³/mol. The van der Waals surface area contributed by atoms with E-state index in [4.69, 9.17) is 14.2 Å². The number of aliphatic hydroxyl groups is 4. The van der Waals surface area contributed by atoms with E-state index in [1.807, 2.05) is 20.8 Å². The lowest BCUT2D eigenvalue weighted by atomic mass is 9.75. The zero-order valence-electron chi connectivity index (χ0n) is 25.7. The predicted octanol–water partition coefficient (Wildman–Crippen LogP) is 2.93. The Balaban J connectivity index is 0.00000391. The SMILES string of the molecule is C=NC1CC(C)OC(O[C@@H]2[C@@H](C)[C@H](O)C(C)C(=O)O[C@H](CC)C(O)C(O)C(C)/C(=N/O)[C@H](C)C[C@@]2(C)O)C1.CC. The molecule has 2 fully saturated rings. The second-order valence-electron chi connectivity index (χ2n) is 11.5. The molecule has 0 spiro atoms. The van der Waals surface area contributed by atoms with Crippen LogP contribution >= 0.6 is 0 Å². The van der Waals surface area contributed by atoms with Crippen LogP contribution in [0.4, 0.5) is 0 Å². The first-order valence-corrected chi connectivity index (χ1v) is 14.6. The maximum Gasteiger partial charge on any atom is 0.311 e. The minimum Gasteiger partial charge on any atom is -0.459 e. The van der Waals surface area contributed by atoms with Crippen molar-refractivity contribution >= 4 is 18.4 Å². The van der Waals surface area contributed by atoms with Gasteiger partial charge in [0.05, 0.1) is 47.7 Å². The Morgan fingerprint density at radius 2 is 1.62 bits per heavy atom. The van der Waals surface area contributed by atoms with E-state index in [2.05, 4.69) is 16.9 Å². The van der Waals surface area contributed by atoms with E-state index in [9.17, 15) is 30.4 Å². The average molecular weight is 575 g/mol. The molecule has 2 saturated heterocycles. The number of carbonyl (C=O) groups is 1. The normalized spacial score (nSPS) is 45.0. The molecule has 0 aliphatic carbocycles. The van der Waals surface area contributed by atoms with Crippen LogP contribution in [0.5, 0.6) is 0 Å². The number of carbonyl (C=O) groups excluding carboxylic acids is 1. The topological polar surface area (TPSA) is 171 Å². The Hall–Kier alpha value is -1.63. The van der Waals surface area contributed by atoms with Crippen molar-refractivity contribution < 1.29 is 44.6 Å². The summed E-state index contributed by atoms with van der Waals surface area (Å²) < 4.78 is 17.8. The summed E-state index contributed by atoms with van der Waals surface area (Å²) in [6.45, 7) is 19.3. The van der Waals surface area contributed by atoms with E-state index in [1.165, 1.54) is 6.92 Å². The maximum atomic E-state index is 13.0. The van der Waals surface area contributed by atoms with Crippen molar-refractivity contribution in [1.82, 2.24) is 0 Å². The molecular formula is C29H54N2O9. The number of nitrogens with zero attached hydrogens (tertiary/aromatic N) is 2. The molecule has 0 bridgehead atoms. The van der Waals surface area contributed by atoms with E-state index in [0.29, 0.717) is 12.8 Å². The van der Waals surface area contributed by atoms with Crippen LogP contribution in [0.1, 0.15) is 88.0 Å². The maximum absolute atomic E-state index is 13.0. The van der Waals surface area contributed by atoms with Gasteiger partial charge in [0.25, 0.3) is 0 Å². The third-order valence-corrected chi connectivity index (χ3v) is 8.24. The highest BCUT2D eigenvalue weighted by atomic mass is 16.7. The minimum atomic E-state index is -1.60. The van der Waals surface area contributed by atoms with Crippen molar-refractivity contribution in [3.05, 3.63) is 0 Å². The molecule has 0 radical (unpaired) electrons. The molecule has 7 unspecified atom stereocenters. The molecule has 13 atom stereocenters. The Kier molecular flexibility index (Phi) is 14.7. The first kappa shape index (κ1) is 36.4. The lowest BCUT2D eigenvalue weighted by molar-refractivity contribution is -0.262. The first-order chi connectivity index (χ1) is 18.7. The zero-order valence-corrected chi connectivity index (χ0v) is 25.7. The Morgan fingerprint density at radius 1 is 1.02 bits per heavy atom. The lowest BCUT2D eigenvalue weighted by Crippen LogP contribution is -2.55. The number of cyclic esters (lactones) is 1. The highest BCUT2D eigenvalue weighted by molar-refractivity contribution is 5.88. The average Bonchev–Trinajstić information content (AvgIpc) is 2.92. The molecule has 2 aliphatic heterocycles. The second kappa shape index (κ2) is 16.1. The van der Waals surface area contributed by atoms with Gasteiger partial charge in [-0.2, -0.15) is 0 Å². The number of ether oxygens (including phenoxy) is 3. The molecular weight excluding hydrogens is 520 g/mol. The van der Waals surface area contributed by atoms with Crippen LogP contribution in [-0.4, -0.2) is 98.6 Å². The van der Waals surface area contributed by atoms with Crippen LogP contribution in [0, 0.1) is 23.7 Å². The summed E-state index contributed by atoms with van der Waals surface area (Å²) in [4.78, 5) is 17.1. The van der Waals surface area contributed by atoms with Crippen LogP contribution in [0.25, 0.3) is 0 Å². The van der Waals surface area contributed by atoms with Gasteiger partial charge in [0.1, 0.15) is 12.2 Å². The van der Waals surface area contributed by atoms with Gasteiger partial charge in [-0.25, -0.2) is 0 Å². The molecule has 40 heavy (non-hydrogen) atoms. The summed E-state index contributed by atoms with van der Waals surface area (Å²) in [5.41, 5.74) is -1.44. The van der Waals surface area contributed by atoms with Crippen molar-refractivity contribution in [3.63, 3.8) is 0 Å². The highest BCUT2D eigenvalue weighted by Gasteiger charge is 2.47. The lowest BCUT2D eigenvalue weighted by Gasteiger charge is -2.44. The molecule has 234 valence electrons.